The van der Waals surface area contributed by atoms with Crippen LogP contribution in [0.2, 0.25) is 0 Å². The molecule has 140 valence electrons. The largest absolute Gasteiger partial charge is 0.468 e. The monoisotopic (exact) mass is 362 g/mol. The molecule has 1 heterocycles. The Kier molecular flexibility index (Phi) is 7.75. The number of hydrogen-bond donors (Lipinski definition) is 1. The van der Waals surface area contributed by atoms with Crippen molar-refractivity contribution in [1.82, 2.24) is 10.2 Å². The molecule has 0 bridgehead atoms. The Morgan fingerprint density at radius 2 is 1.88 bits per heavy atom. The van der Waals surface area contributed by atoms with E-state index < -0.39 is 0 Å². The summed E-state index contributed by atoms with van der Waals surface area (Å²) in [5.41, 5.74) is 1.72. The first-order chi connectivity index (χ1) is 12.6. The average Bonchev–Trinajstić information content (AvgIpc) is 2.62. The minimum atomic E-state index is -0.239. The van der Waals surface area contributed by atoms with Gasteiger partial charge in [0, 0.05) is 25.9 Å². The van der Waals surface area contributed by atoms with Gasteiger partial charge in [-0.3, -0.25) is 24.1 Å². The zero-order valence-electron chi connectivity index (χ0n) is 14.4. The molecule has 0 unspecified atom stereocenters. The van der Waals surface area contributed by atoms with Crippen LogP contribution in [0.1, 0.15) is 24.0 Å². The second-order valence-electron chi connectivity index (χ2n) is 5.83. The van der Waals surface area contributed by atoms with Gasteiger partial charge in [0.05, 0.1) is 19.6 Å². The lowest BCUT2D eigenvalue weighted by atomic mass is 10.1. The third kappa shape index (κ3) is 6.29. The van der Waals surface area contributed by atoms with Crippen LogP contribution in [0.4, 0.5) is 0 Å². The van der Waals surface area contributed by atoms with Gasteiger partial charge in [0.15, 0.2) is 0 Å². The second-order valence-corrected chi connectivity index (χ2v) is 5.83. The van der Waals surface area contributed by atoms with Gasteiger partial charge in [0.1, 0.15) is 6.61 Å². The van der Waals surface area contributed by atoms with Crippen molar-refractivity contribution < 1.29 is 28.7 Å². The minimum absolute atomic E-state index is 0.0580. The number of nitrogens with zero attached hydrogens (tertiary/aromatic N) is 1. The predicted octanol–water partition coefficient (Wildman–Crippen LogP) is 0.184. The van der Waals surface area contributed by atoms with Gasteiger partial charge in [0.25, 0.3) is 6.47 Å². The number of ether oxygens (including phenoxy) is 2. The second kappa shape index (κ2) is 10.3. The summed E-state index contributed by atoms with van der Waals surface area (Å²) < 4.78 is 9.67. The van der Waals surface area contributed by atoms with Crippen molar-refractivity contribution in [2.45, 2.75) is 25.8 Å². The Morgan fingerprint density at radius 1 is 1.15 bits per heavy atom. The number of rotatable bonds is 11. The fourth-order valence-corrected chi connectivity index (χ4v) is 2.33. The molecule has 2 rings (SSSR count). The summed E-state index contributed by atoms with van der Waals surface area (Å²) in [5.74, 6) is -0.539. The molecule has 8 heteroatoms. The highest BCUT2D eigenvalue weighted by Crippen LogP contribution is 2.12. The molecule has 3 amide bonds. The zero-order valence-corrected chi connectivity index (χ0v) is 14.4. The first-order valence-corrected chi connectivity index (χ1v) is 8.41. The van der Waals surface area contributed by atoms with E-state index in [1.165, 1.54) is 4.90 Å². The number of β-lactam (4-membered cyclic amide) rings is 1. The predicted molar refractivity (Wildman–Crippen MR) is 90.8 cm³/mol. The normalized spacial score (nSPS) is 13.1. The van der Waals surface area contributed by atoms with Crippen LogP contribution in [0.3, 0.4) is 0 Å². The van der Waals surface area contributed by atoms with Crippen LogP contribution < -0.4 is 5.32 Å². The van der Waals surface area contributed by atoms with Crippen LogP contribution in [0, 0.1) is 0 Å². The van der Waals surface area contributed by atoms with Crippen LogP contribution in [0.5, 0.6) is 0 Å². The summed E-state index contributed by atoms with van der Waals surface area (Å²) in [6.45, 7) is 1.79. The summed E-state index contributed by atoms with van der Waals surface area (Å²) in [5, 5.41) is 2.73. The zero-order chi connectivity index (χ0) is 18.8. The summed E-state index contributed by atoms with van der Waals surface area (Å²) >= 11 is 0. The fraction of sp³-hybridized carbons (Fsp3) is 0.444. The van der Waals surface area contributed by atoms with E-state index in [0.29, 0.717) is 39.0 Å². The quantitative estimate of drug-likeness (QED) is 0.342. The van der Waals surface area contributed by atoms with Gasteiger partial charge in [-0.25, -0.2) is 0 Å². The first kappa shape index (κ1) is 19.6. The number of likely N-dealkylation sites (tertiary alicyclic amines) is 1. The highest BCUT2D eigenvalue weighted by Gasteiger charge is 2.29. The number of carbonyl (C=O) groups excluding carboxylic acids is 4. The molecular weight excluding hydrogens is 340 g/mol. The maximum Gasteiger partial charge on any atom is 0.293 e. The first-order valence-electron chi connectivity index (χ1n) is 8.41. The molecule has 1 aliphatic heterocycles. The maximum atomic E-state index is 11.9. The highest BCUT2D eigenvalue weighted by molar-refractivity contribution is 6.00. The Hall–Kier alpha value is -2.74. The number of carbonyl (C=O) groups is 4. The summed E-state index contributed by atoms with van der Waals surface area (Å²) in [6, 6.07) is 7.29. The molecule has 0 radical (unpaired) electrons. The van der Waals surface area contributed by atoms with Gasteiger partial charge in [-0.15, -0.1) is 0 Å². The number of imide groups is 1. The smallest absolute Gasteiger partial charge is 0.293 e. The Bertz CT molecular complexity index is 644. The van der Waals surface area contributed by atoms with Gasteiger partial charge in [-0.1, -0.05) is 24.3 Å². The van der Waals surface area contributed by atoms with E-state index >= 15 is 0 Å². The van der Waals surface area contributed by atoms with Gasteiger partial charge >= 0.3 is 0 Å². The molecule has 1 aromatic rings. The van der Waals surface area contributed by atoms with Crippen molar-refractivity contribution in [1.29, 1.82) is 0 Å². The van der Waals surface area contributed by atoms with Crippen LogP contribution >= 0.6 is 0 Å². The summed E-state index contributed by atoms with van der Waals surface area (Å²) in [6.07, 6.45) is 1.18. The summed E-state index contributed by atoms with van der Waals surface area (Å²) in [4.78, 5) is 46.0. The van der Waals surface area contributed by atoms with Gasteiger partial charge in [-0.05, 0) is 11.1 Å². The Labute approximate surface area is 151 Å². The fourth-order valence-electron chi connectivity index (χ4n) is 2.33. The molecule has 1 saturated heterocycles. The molecule has 1 N–H and O–H groups in total. The van der Waals surface area contributed by atoms with E-state index in [9.17, 15) is 19.2 Å². The average molecular weight is 362 g/mol. The van der Waals surface area contributed by atoms with Crippen LogP contribution in [-0.4, -0.2) is 55.5 Å². The molecule has 0 aliphatic carbocycles. The highest BCUT2D eigenvalue weighted by atomic mass is 16.5. The van der Waals surface area contributed by atoms with Crippen molar-refractivity contribution in [2.24, 2.45) is 0 Å². The Morgan fingerprint density at radius 3 is 2.50 bits per heavy atom. The molecule has 1 aliphatic rings. The van der Waals surface area contributed by atoms with Crippen molar-refractivity contribution in [3.8, 4) is 0 Å². The molecule has 0 spiro atoms. The summed E-state index contributed by atoms with van der Waals surface area (Å²) in [7, 11) is 0. The molecule has 0 atom stereocenters. The van der Waals surface area contributed by atoms with E-state index in [0.717, 1.165) is 11.1 Å². The molecule has 26 heavy (non-hydrogen) atoms. The Balaban J connectivity index is 1.63. The van der Waals surface area contributed by atoms with Crippen molar-refractivity contribution in [3.63, 3.8) is 0 Å². The van der Waals surface area contributed by atoms with Crippen LogP contribution in [0.25, 0.3) is 0 Å². The minimum Gasteiger partial charge on any atom is -0.468 e. The van der Waals surface area contributed by atoms with Gasteiger partial charge in [-0.2, -0.15) is 0 Å². The number of benzene rings is 1. The molecule has 0 aromatic heterocycles. The lowest BCUT2D eigenvalue weighted by molar-refractivity contribution is -0.152. The van der Waals surface area contributed by atoms with Crippen LogP contribution in [-0.2, 0) is 41.6 Å². The molecule has 1 fully saturated rings. The van der Waals surface area contributed by atoms with Crippen molar-refractivity contribution in [2.75, 3.05) is 26.4 Å². The molecule has 0 saturated carbocycles. The van der Waals surface area contributed by atoms with E-state index in [-0.39, 0.29) is 37.4 Å². The maximum absolute atomic E-state index is 11.9. The molecule has 1 aromatic carbocycles. The molecule has 8 nitrogen and oxygen atoms in total. The van der Waals surface area contributed by atoms with E-state index in [1.807, 2.05) is 24.3 Å². The third-order valence-electron chi connectivity index (χ3n) is 3.87. The van der Waals surface area contributed by atoms with E-state index in [4.69, 9.17) is 4.74 Å². The SMILES string of the molecule is O=COCCCOCC(=O)NCc1ccc(CC(=O)N2CCC2=O)cc1. The van der Waals surface area contributed by atoms with E-state index in [1.54, 1.807) is 0 Å². The number of nitrogens with one attached hydrogen (secondary N) is 1. The standard InChI is InChI=1S/C18H22N2O6/c21-13-26-9-1-8-25-12-16(22)19-11-15-4-2-14(3-5-15)10-18(24)20-7-6-17(20)23/h2-5,13H,1,6-12H2,(H,19,22). The topological polar surface area (TPSA) is 102 Å². The lowest BCUT2D eigenvalue weighted by Gasteiger charge is -2.28. The number of amides is 3. The van der Waals surface area contributed by atoms with Gasteiger partial charge in [0.2, 0.25) is 17.7 Å². The van der Waals surface area contributed by atoms with Crippen molar-refractivity contribution in [3.05, 3.63) is 35.4 Å². The third-order valence-corrected chi connectivity index (χ3v) is 3.87. The van der Waals surface area contributed by atoms with Crippen LogP contribution in [0.15, 0.2) is 24.3 Å². The van der Waals surface area contributed by atoms with E-state index in [2.05, 4.69) is 10.1 Å². The van der Waals surface area contributed by atoms with Crippen molar-refractivity contribution >= 4 is 24.2 Å². The number of hydrogen-bond acceptors (Lipinski definition) is 6. The molecular formula is C18H22N2O6. The lowest BCUT2D eigenvalue weighted by Crippen LogP contribution is -2.48. The van der Waals surface area contributed by atoms with Gasteiger partial charge < -0.3 is 14.8 Å².